The number of fused-ring (bicyclic) bond motifs is 1. The lowest BCUT2D eigenvalue weighted by Crippen LogP contribution is -2.08. The number of alkyl halides is 2. The second-order valence-electron chi connectivity index (χ2n) is 4.97. The molecule has 2 aromatic carbocycles. The highest BCUT2D eigenvalue weighted by Crippen LogP contribution is 2.29. The van der Waals surface area contributed by atoms with Crippen molar-refractivity contribution in [1.82, 2.24) is 9.78 Å². The fourth-order valence-electron chi connectivity index (χ4n) is 2.43. The van der Waals surface area contributed by atoms with E-state index in [-0.39, 0.29) is 11.1 Å². The van der Waals surface area contributed by atoms with E-state index < -0.39 is 24.8 Å². The van der Waals surface area contributed by atoms with Gasteiger partial charge in [0.2, 0.25) is 0 Å². The van der Waals surface area contributed by atoms with Gasteiger partial charge in [0.1, 0.15) is 18.1 Å². The SMILES string of the molecule is O=C(O)c1ccc2c(-c3cccc(F)c3)nn(CC(F)F)c2c1. The number of nitrogens with zero attached hydrogens (tertiary/aromatic N) is 2. The van der Waals surface area contributed by atoms with E-state index in [4.69, 9.17) is 5.11 Å². The van der Waals surface area contributed by atoms with Gasteiger partial charge in [0.15, 0.2) is 0 Å². The Hall–Kier alpha value is -2.83. The van der Waals surface area contributed by atoms with E-state index in [9.17, 15) is 18.0 Å². The van der Waals surface area contributed by atoms with Crippen LogP contribution in [-0.2, 0) is 6.54 Å². The number of aromatic nitrogens is 2. The van der Waals surface area contributed by atoms with Crippen molar-refractivity contribution in [1.29, 1.82) is 0 Å². The first kappa shape index (κ1) is 15.1. The maximum absolute atomic E-state index is 13.4. The molecule has 0 fully saturated rings. The third kappa shape index (κ3) is 2.90. The molecular weight excluding hydrogens is 309 g/mol. The Kier molecular flexibility index (Phi) is 3.77. The van der Waals surface area contributed by atoms with Crippen LogP contribution in [0.2, 0.25) is 0 Å². The van der Waals surface area contributed by atoms with Gasteiger partial charge < -0.3 is 5.11 Å². The maximum Gasteiger partial charge on any atom is 0.335 e. The molecule has 1 heterocycles. The van der Waals surface area contributed by atoms with E-state index in [1.165, 1.54) is 36.4 Å². The van der Waals surface area contributed by atoms with Crippen LogP contribution in [0.15, 0.2) is 42.5 Å². The van der Waals surface area contributed by atoms with Crippen LogP contribution in [0, 0.1) is 5.82 Å². The Morgan fingerprint density at radius 3 is 2.65 bits per heavy atom. The van der Waals surface area contributed by atoms with Gasteiger partial charge in [0.05, 0.1) is 11.1 Å². The lowest BCUT2D eigenvalue weighted by atomic mass is 10.1. The van der Waals surface area contributed by atoms with E-state index in [0.717, 1.165) is 4.68 Å². The van der Waals surface area contributed by atoms with Gasteiger partial charge >= 0.3 is 5.97 Å². The summed E-state index contributed by atoms with van der Waals surface area (Å²) in [6, 6.07) is 9.77. The molecule has 0 unspecified atom stereocenters. The molecule has 3 rings (SSSR count). The van der Waals surface area contributed by atoms with Gasteiger partial charge in [-0.25, -0.2) is 18.0 Å². The minimum atomic E-state index is -2.65. The van der Waals surface area contributed by atoms with Gasteiger partial charge in [-0.3, -0.25) is 4.68 Å². The Labute approximate surface area is 128 Å². The number of carbonyl (C=O) groups is 1. The largest absolute Gasteiger partial charge is 0.478 e. The molecule has 0 amide bonds. The summed E-state index contributed by atoms with van der Waals surface area (Å²) < 4.78 is 39.9. The quantitative estimate of drug-likeness (QED) is 0.795. The molecule has 1 N–H and O–H groups in total. The number of hydrogen-bond acceptors (Lipinski definition) is 2. The number of benzene rings is 2. The average Bonchev–Trinajstić information content (AvgIpc) is 2.84. The number of halogens is 3. The molecule has 0 radical (unpaired) electrons. The fraction of sp³-hybridized carbons (Fsp3) is 0.125. The lowest BCUT2D eigenvalue weighted by molar-refractivity contribution is 0.0697. The van der Waals surface area contributed by atoms with Crippen molar-refractivity contribution in [2.45, 2.75) is 13.0 Å². The standard InChI is InChI=1S/C16H11F3N2O2/c17-11-3-1-2-9(6-11)15-12-5-4-10(16(22)23)7-13(12)21(20-15)8-14(18)19/h1-7,14H,8H2,(H,22,23). The Balaban J connectivity index is 2.24. The average molecular weight is 320 g/mol. The number of rotatable bonds is 4. The number of hydrogen-bond donors (Lipinski definition) is 1. The number of aromatic carboxylic acids is 1. The predicted molar refractivity (Wildman–Crippen MR) is 78.1 cm³/mol. The first-order valence-electron chi connectivity index (χ1n) is 6.73. The first-order chi connectivity index (χ1) is 11.0. The zero-order valence-electron chi connectivity index (χ0n) is 11.7. The summed E-state index contributed by atoms with van der Waals surface area (Å²) in [5.74, 6) is -1.63. The van der Waals surface area contributed by atoms with Crippen molar-refractivity contribution in [3.8, 4) is 11.3 Å². The summed E-state index contributed by atoms with van der Waals surface area (Å²) in [5.41, 5.74) is 1.01. The van der Waals surface area contributed by atoms with Gasteiger partial charge in [-0.1, -0.05) is 12.1 Å². The maximum atomic E-state index is 13.4. The molecule has 4 nitrogen and oxygen atoms in total. The first-order valence-corrected chi connectivity index (χ1v) is 6.73. The second kappa shape index (κ2) is 5.75. The zero-order chi connectivity index (χ0) is 16.6. The van der Waals surface area contributed by atoms with E-state index >= 15 is 0 Å². The lowest BCUT2D eigenvalue weighted by Gasteiger charge is -2.02. The number of carboxylic acid groups (broad SMARTS) is 1. The highest BCUT2D eigenvalue weighted by molar-refractivity contribution is 5.98. The molecule has 3 aromatic rings. The molecule has 1 aromatic heterocycles. The normalized spacial score (nSPS) is 11.3. The molecule has 0 aliphatic carbocycles. The van der Waals surface area contributed by atoms with Crippen molar-refractivity contribution < 1.29 is 23.1 Å². The molecular formula is C16H11F3N2O2. The van der Waals surface area contributed by atoms with Crippen LogP contribution in [0.1, 0.15) is 10.4 Å². The topological polar surface area (TPSA) is 55.1 Å². The molecule has 118 valence electrons. The molecule has 23 heavy (non-hydrogen) atoms. The molecule has 0 saturated heterocycles. The van der Waals surface area contributed by atoms with Crippen LogP contribution >= 0.6 is 0 Å². The summed E-state index contributed by atoms with van der Waals surface area (Å²) in [7, 11) is 0. The third-order valence-electron chi connectivity index (χ3n) is 3.41. The summed E-state index contributed by atoms with van der Waals surface area (Å²) >= 11 is 0. The molecule has 0 aliphatic heterocycles. The van der Waals surface area contributed by atoms with E-state index in [1.807, 2.05) is 0 Å². The Morgan fingerprint density at radius 1 is 1.22 bits per heavy atom. The van der Waals surface area contributed by atoms with Crippen LogP contribution in [-0.4, -0.2) is 27.3 Å². The third-order valence-corrected chi connectivity index (χ3v) is 3.41. The van der Waals surface area contributed by atoms with Gasteiger partial charge in [0, 0.05) is 10.9 Å². The zero-order valence-corrected chi connectivity index (χ0v) is 11.7. The van der Waals surface area contributed by atoms with Crippen molar-refractivity contribution in [2.75, 3.05) is 0 Å². The van der Waals surface area contributed by atoms with Crippen LogP contribution in [0.4, 0.5) is 13.2 Å². The fourth-order valence-corrected chi connectivity index (χ4v) is 2.43. The van der Waals surface area contributed by atoms with Crippen LogP contribution in [0.25, 0.3) is 22.2 Å². The van der Waals surface area contributed by atoms with Crippen molar-refractivity contribution in [3.05, 3.63) is 53.8 Å². The van der Waals surface area contributed by atoms with Gasteiger partial charge in [0.25, 0.3) is 6.43 Å². The highest BCUT2D eigenvalue weighted by Gasteiger charge is 2.17. The van der Waals surface area contributed by atoms with Crippen LogP contribution < -0.4 is 0 Å². The van der Waals surface area contributed by atoms with E-state index in [2.05, 4.69) is 5.10 Å². The van der Waals surface area contributed by atoms with Crippen molar-refractivity contribution in [2.24, 2.45) is 0 Å². The summed E-state index contributed by atoms with van der Waals surface area (Å²) in [5, 5.41) is 13.7. The van der Waals surface area contributed by atoms with E-state index in [1.54, 1.807) is 6.07 Å². The van der Waals surface area contributed by atoms with Crippen molar-refractivity contribution in [3.63, 3.8) is 0 Å². The second-order valence-corrected chi connectivity index (χ2v) is 4.97. The summed E-state index contributed by atoms with van der Waals surface area (Å²) in [6.45, 7) is -0.672. The highest BCUT2D eigenvalue weighted by atomic mass is 19.3. The molecule has 0 atom stereocenters. The van der Waals surface area contributed by atoms with Gasteiger partial charge in [-0.2, -0.15) is 5.10 Å². The minimum absolute atomic E-state index is 0.0290. The van der Waals surface area contributed by atoms with Crippen LogP contribution in [0.5, 0.6) is 0 Å². The van der Waals surface area contributed by atoms with Gasteiger partial charge in [-0.05, 0) is 30.3 Å². The molecule has 0 aliphatic rings. The van der Waals surface area contributed by atoms with Crippen LogP contribution in [0.3, 0.4) is 0 Å². The monoisotopic (exact) mass is 320 g/mol. The number of carboxylic acids is 1. The van der Waals surface area contributed by atoms with Gasteiger partial charge in [-0.15, -0.1) is 0 Å². The molecule has 0 saturated carbocycles. The molecule has 0 spiro atoms. The molecule has 7 heteroatoms. The Bertz CT molecular complexity index is 890. The smallest absolute Gasteiger partial charge is 0.335 e. The summed E-state index contributed by atoms with van der Waals surface area (Å²) in [6.07, 6.45) is -2.65. The van der Waals surface area contributed by atoms with Crippen molar-refractivity contribution >= 4 is 16.9 Å². The predicted octanol–water partition coefficient (Wildman–Crippen LogP) is 3.81. The minimum Gasteiger partial charge on any atom is -0.478 e. The Morgan fingerprint density at radius 2 is 2.00 bits per heavy atom. The molecule has 0 bridgehead atoms. The van der Waals surface area contributed by atoms with E-state index in [0.29, 0.717) is 16.6 Å². The summed E-state index contributed by atoms with van der Waals surface area (Å²) in [4.78, 5) is 11.1.